The molecule has 4 rings (SSSR count). The van der Waals surface area contributed by atoms with Crippen molar-refractivity contribution in [3.05, 3.63) is 57.0 Å². The molecule has 0 radical (unpaired) electrons. The fraction of sp³-hybridized carbons (Fsp3) is 0.250. The average Bonchev–Trinajstić information content (AvgIpc) is 3.14. The molecule has 1 aromatic carbocycles. The Kier molecular flexibility index (Phi) is 3.93. The van der Waals surface area contributed by atoms with Gasteiger partial charge in [0.05, 0.1) is 16.8 Å². The summed E-state index contributed by atoms with van der Waals surface area (Å²) in [4.78, 5) is 45.0. The van der Waals surface area contributed by atoms with E-state index in [1.807, 2.05) is 0 Å². The maximum absolute atomic E-state index is 12.3. The van der Waals surface area contributed by atoms with Crippen LogP contribution in [0, 0.1) is 0 Å². The van der Waals surface area contributed by atoms with E-state index in [1.165, 1.54) is 16.7 Å². The summed E-state index contributed by atoms with van der Waals surface area (Å²) in [5, 5.41) is 0.540. The molecule has 6 nitrogen and oxygen atoms in total. The maximum atomic E-state index is 12.3. The van der Waals surface area contributed by atoms with Crippen molar-refractivity contribution in [3.8, 4) is 0 Å². The summed E-state index contributed by atoms with van der Waals surface area (Å²) in [5.74, 6) is 1.43. The largest absolute Gasteiger partial charge is 0.301 e. The molecule has 1 aromatic heterocycles. The van der Waals surface area contributed by atoms with Crippen LogP contribution in [0.4, 0.5) is 0 Å². The molecule has 2 amide bonds. The summed E-state index contributed by atoms with van der Waals surface area (Å²) in [6.07, 6.45) is 0. The van der Waals surface area contributed by atoms with Gasteiger partial charge in [-0.3, -0.25) is 19.3 Å². The van der Waals surface area contributed by atoms with E-state index in [4.69, 9.17) is 0 Å². The lowest BCUT2D eigenvalue weighted by Crippen LogP contribution is -2.31. The second-order valence-corrected chi connectivity index (χ2v) is 7.51. The Labute approximate surface area is 146 Å². The monoisotopic (exact) mass is 359 g/mol. The number of imide groups is 1. The van der Waals surface area contributed by atoms with Crippen molar-refractivity contribution in [1.82, 2.24) is 14.9 Å². The molecule has 2 aromatic rings. The standard InChI is InChI=1S/C16H13N3O3S2/c20-13-11-7-23-8-12(11)17-16(18-13)24-6-5-19-14(21)9-3-1-2-4-10(9)15(19)22/h1-4H,5-8H2,(H,17,18,20). The summed E-state index contributed by atoms with van der Waals surface area (Å²) in [6, 6.07) is 6.83. The molecule has 0 unspecified atom stereocenters. The zero-order valence-corrected chi connectivity index (χ0v) is 14.2. The Morgan fingerprint density at radius 3 is 2.54 bits per heavy atom. The molecule has 0 saturated carbocycles. The average molecular weight is 359 g/mol. The molecule has 0 fully saturated rings. The molecule has 3 heterocycles. The van der Waals surface area contributed by atoms with Gasteiger partial charge in [-0.05, 0) is 12.1 Å². The van der Waals surface area contributed by atoms with Crippen LogP contribution in [0.1, 0.15) is 32.0 Å². The van der Waals surface area contributed by atoms with Crippen LogP contribution in [0.15, 0.2) is 34.2 Å². The first-order valence-corrected chi connectivity index (χ1v) is 9.57. The first-order valence-electron chi connectivity index (χ1n) is 7.43. The number of benzene rings is 1. The third kappa shape index (κ3) is 2.55. The Morgan fingerprint density at radius 1 is 1.12 bits per heavy atom. The van der Waals surface area contributed by atoms with Crippen LogP contribution in [0.2, 0.25) is 0 Å². The minimum absolute atomic E-state index is 0.0896. The van der Waals surface area contributed by atoms with Crippen molar-refractivity contribution < 1.29 is 9.59 Å². The first-order chi connectivity index (χ1) is 11.6. The lowest BCUT2D eigenvalue weighted by atomic mass is 10.1. The van der Waals surface area contributed by atoms with Gasteiger partial charge in [-0.25, -0.2) is 4.98 Å². The van der Waals surface area contributed by atoms with E-state index in [-0.39, 0.29) is 23.9 Å². The molecule has 0 atom stereocenters. The Bertz CT molecular complexity index is 875. The number of hydrogen-bond donors (Lipinski definition) is 1. The molecule has 122 valence electrons. The molecule has 0 bridgehead atoms. The van der Waals surface area contributed by atoms with Gasteiger partial charge >= 0.3 is 0 Å². The highest BCUT2D eigenvalue weighted by atomic mass is 32.2. The minimum Gasteiger partial charge on any atom is -0.301 e. The van der Waals surface area contributed by atoms with Crippen molar-refractivity contribution in [3.63, 3.8) is 0 Å². The second kappa shape index (κ2) is 6.10. The van der Waals surface area contributed by atoms with Crippen LogP contribution in [-0.2, 0) is 11.5 Å². The summed E-state index contributed by atoms with van der Waals surface area (Å²) in [6.45, 7) is 0.284. The summed E-state index contributed by atoms with van der Waals surface area (Å²) < 4.78 is 0. The molecule has 0 aliphatic carbocycles. The van der Waals surface area contributed by atoms with Crippen molar-refractivity contribution in [2.75, 3.05) is 12.3 Å². The fourth-order valence-corrected chi connectivity index (χ4v) is 4.63. The highest BCUT2D eigenvalue weighted by Gasteiger charge is 2.34. The Hall–Kier alpha value is -2.06. The zero-order chi connectivity index (χ0) is 16.7. The van der Waals surface area contributed by atoms with Gasteiger partial charge in [-0.2, -0.15) is 11.8 Å². The third-order valence-corrected chi connectivity index (χ3v) is 5.82. The number of aromatic nitrogens is 2. The maximum Gasteiger partial charge on any atom is 0.261 e. The predicted molar refractivity (Wildman–Crippen MR) is 92.4 cm³/mol. The number of fused-ring (bicyclic) bond motifs is 2. The topological polar surface area (TPSA) is 83.1 Å². The number of carbonyl (C=O) groups is 2. The van der Waals surface area contributed by atoms with Crippen LogP contribution in [0.25, 0.3) is 0 Å². The highest BCUT2D eigenvalue weighted by molar-refractivity contribution is 7.99. The number of carbonyl (C=O) groups excluding carboxylic acids is 2. The van der Waals surface area contributed by atoms with Crippen LogP contribution in [-0.4, -0.2) is 39.0 Å². The summed E-state index contributed by atoms with van der Waals surface area (Å²) in [5.41, 5.74) is 2.41. The van der Waals surface area contributed by atoms with Crippen LogP contribution < -0.4 is 5.56 Å². The zero-order valence-electron chi connectivity index (χ0n) is 12.6. The van der Waals surface area contributed by atoms with Gasteiger partial charge in [-0.1, -0.05) is 23.9 Å². The lowest BCUT2D eigenvalue weighted by Gasteiger charge is -2.13. The van der Waals surface area contributed by atoms with Gasteiger partial charge in [0, 0.05) is 29.4 Å². The number of rotatable bonds is 4. The highest BCUT2D eigenvalue weighted by Crippen LogP contribution is 2.27. The van der Waals surface area contributed by atoms with E-state index >= 15 is 0 Å². The van der Waals surface area contributed by atoms with E-state index in [0.717, 1.165) is 17.0 Å². The quantitative estimate of drug-likeness (QED) is 0.510. The van der Waals surface area contributed by atoms with E-state index in [0.29, 0.717) is 27.8 Å². The number of H-pyrrole nitrogens is 1. The van der Waals surface area contributed by atoms with Gasteiger partial charge in [0.15, 0.2) is 5.16 Å². The minimum atomic E-state index is -0.261. The fourth-order valence-electron chi connectivity index (χ4n) is 2.78. The van der Waals surface area contributed by atoms with Crippen LogP contribution in [0.3, 0.4) is 0 Å². The van der Waals surface area contributed by atoms with Crippen molar-refractivity contribution >= 4 is 35.3 Å². The number of thioether (sulfide) groups is 2. The summed E-state index contributed by atoms with van der Waals surface area (Å²) in [7, 11) is 0. The van der Waals surface area contributed by atoms with Gasteiger partial charge in [0.2, 0.25) is 0 Å². The molecule has 2 aliphatic heterocycles. The van der Waals surface area contributed by atoms with Crippen molar-refractivity contribution in [1.29, 1.82) is 0 Å². The van der Waals surface area contributed by atoms with E-state index in [1.54, 1.807) is 36.0 Å². The molecular formula is C16H13N3O3S2. The molecule has 1 N–H and O–H groups in total. The predicted octanol–water partition coefficient (Wildman–Crippen LogP) is 1.91. The normalized spacial score (nSPS) is 15.8. The van der Waals surface area contributed by atoms with Crippen LogP contribution >= 0.6 is 23.5 Å². The molecule has 0 spiro atoms. The van der Waals surface area contributed by atoms with Gasteiger partial charge in [0.25, 0.3) is 17.4 Å². The smallest absolute Gasteiger partial charge is 0.261 e. The molecule has 8 heteroatoms. The van der Waals surface area contributed by atoms with Gasteiger partial charge < -0.3 is 4.98 Å². The van der Waals surface area contributed by atoms with E-state index in [9.17, 15) is 14.4 Å². The summed E-state index contributed by atoms with van der Waals surface area (Å²) >= 11 is 3.02. The van der Waals surface area contributed by atoms with E-state index < -0.39 is 0 Å². The molecular weight excluding hydrogens is 346 g/mol. The lowest BCUT2D eigenvalue weighted by molar-refractivity contribution is 0.0664. The SMILES string of the molecule is O=C1c2ccccc2C(=O)N1CCSc1nc2c(c(=O)[nH]1)CSC2. The second-order valence-electron chi connectivity index (χ2n) is 5.45. The molecule has 0 saturated heterocycles. The first kappa shape index (κ1) is 15.5. The number of nitrogens with zero attached hydrogens (tertiary/aromatic N) is 2. The van der Waals surface area contributed by atoms with E-state index in [2.05, 4.69) is 9.97 Å². The Morgan fingerprint density at radius 2 is 1.83 bits per heavy atom. The molecule has 24 heavy (non-hydrogen) atoms. The third-order valence-electron chi connectivity index (χ3n) is 4.00. The number of aromatic amines is 1. The van der Waals surface area contributed by atoms with Gasteiger partial charge in [-0.15, -0.1) is 0 Å². The Balaban J connectivity index is 1.44. The van der Waals surface area contributed by atoms with Crippen molar-refractivity contribution in [2.45, 2.75) is 16.7 Å². The van der Waals surface area contributed by atoms with Gasteiger partial charge in [0.1, 0.15) is 0 Å². The number of nitrogens with one attached hydrogen (secondary N) is 1. The van der Waals surface area contributed by atoms with Crippen molar-refractivity contribution in [2.24, 2.45) is 0 Å². The molecule has 2 aliphatic rings. The number of hydrogen-bond acceptors (Lipinski definition) is 6. The number of amides is 2. The van der Waals surface area contributed by atoms with Crippen LogP contribution in [0.5, 0.6) is 0 Å².